The molecular weight excluding hydrogens is 212 g/mol. The number of aryl methyl sites for hydroxylation is 1. The molecule has 0 spiro atoms. The summed E-state index contributed by atoms with van der Waals surface area (Å²) in [5.74, 6) is 0.573. The Morgan fingerprint density at radius 3 is 3.06 bits per heavy atom. The van der Waals surface area contributed by atoms with Gasteiger partial charge in [0.1, 0.15) is 6.04 Å². The zero-order valence-electron chi connectivity index (χ0n) is 8.82. The second kappa shape index (κ2) is 4.30. The van der Waals surface area contributed by atoms with Gasteiger partial charge in [0.15, 0.2) is 5.82 Å². The van der Waals surface area contributed by atoms with Crippen molar-refractivity contribution in [2.24, 2.45) is 0 Å². The van der Waals surface area contributed by atoms with Gasteiger partial charge >= 0.3 is 0 Å². The fourth-order valence-electron chi connectivity index (χ4n) is 1.51. The minimum atomic E-state index is -0.434. The minimum absolute atomic E-state index is 0.0891. The SMILES string of the molecule is Cc1noc(CNC(=O)C2CCC(=O)N2)n1. The first-order valence-corrected chi connectivity index (χ1v) is 5.01. The fraction of sp³-hybridized carbons (Fsp3) is 0.556. The monoisotopic (exact) mass is 224 g/mol. The molecule has 86 valence electrons. The molecule has 2 heterocycles. The number of carbonyl (C=O) groups is 2. The normalized spacial score (nSPS) is 19.6. The quantitative estimate of drug-likeness (QED) is 0.705. The molecule has 1 saturated heterocycles. The minimum Gasteiger partial charge on any atom is -0.345 e. The molecule has 0 aromatic carbocycles. The standard InChI is InChI=1S/C9H12N4O3/c1-5-11-8(16-13-5)4-10-9(15)6-2-3-7(14)12-6/h6H,2-4H2,1H3,(H,10,15)(H,12,14). The van der Waals surface area contributed by atoms with Crippen molar-refractivity contribution in [1.82, 2.24) is 20.8 Å². The van der Waals surface area contributed by atoms with Gasteiger partial charge in [-0.2, -0.15) is 4.98 Å². The number of carbonyl (C=O) groups excluding carboxylic acids is 2. The summed E-state index contributed by atoms with van der Waals surface area (Å²) in [5.41, 5.74) is 0. The van der Waals surface area contributed by atoms with Gasteiger partial charge in [-0.15, -0.1) is 0 Å². The Morgan fingerprint density at radius 1 is 1.69 bits per heavy atom. The molecule has 1 atom stereocenters. The van der Waals surface area contributed by atoms with Crippen LogP contribution in [-0.2, 0) is 16.1 Å². The Bertz CT molecular complexity index is 415. The molecule has 1 fully saturated rings. The first-order valence-electron chi connectivity index (χ1n) is 5.01. The molecule has 16 heavy (non-hydrogen) atoms. The number of amides is 2. The Morgan fingerprint density at radius 2 is 2.50 bits per heavy atom. The van der Waals surface area contributed by atoms with Crippen LogP contribution in [0.3, 0.4) is 0 Å². The third-order valence-corrected chi connectivity index (χ3v) is 2.30. The van der Waals surface area contributed by atoms with E-state index < -0.39 is 6.04 Å². The molecular formula is C9H12N4O3. The number of hydrogen-bond acceptors (Lipinski definition) is 5. The highest BCUT2D eigenvalue weighted by molar-refractivity contribution is 5.90. The maximum Gasteiger partial charge on any atom is 0.246 e. The molecule has 0 bridgehead atoms. The Kier molecular flexibility index (Phi) is 2.84. The van der Waals surface area contributed by atoms with Crippen LogP contribution < -0.4 is 10.6 Å². The lowest BCUT2D eigenvalue weighted by Crippen LogP contribution is -2.41. The third-order valence-electron chi connectivity index (χ3n) is 2.30. The zero-order valence-corrected chi connectivity index (χ0v) is 8.82. The summed E-state index contributed by atoms with van der Waals surface area (Å²) in [6, 6.07) is -0.434. The van der Waals surface area contributed by atoms with Crippen LogP contribution >= 0.6 is 0 Å². The number of hydrogen-bond donors (Lipinski definition) is 2. The Balaban J connectivity index is 1.82. The van der Waals surface area contributed by atoms with Crippen LogP contribution in [0.25, 0.3) is 0 Å². The van der Waals surface area contributed by atoms with E-state index in [1.54, 1.807) is 6.92 Å². The molecule has 7 heteroatoms. The first kappa shape index (κ1) is 10.6. The van der Waals surface area contributed by atoms with E-state index >= 15 is 0 Å². The van der Waals surface area contributed by atoms with Gasteiger partial charge in [0.05, 0.1) is 6.54 Å². The molecule has 2 N–H and O–H groups in total. The van der Waals surface area contributed by atoms with Crippen molar-refractivity contribution >= 4 is 11.8 Å². The number of nitrogens with one attached hydrogen (secondary N) is 2. The fourth-order valence-corrected chi connectivity index (χ4v) is 1.51. The van der Waals surface area contributed by atoms with Crippen molar-refractivity contribution in [1.29, 1.82) is 0 Å². The van der Waals surface area contributed by atoms with Crippen molar-refractivity contribution in [2.45, 2.75) is 32.4 Å². The molecule has 7 nitrogen and oxygen atoms in total. The van der Waals surface area contributed by atoms with E-state index in [-0.39, 0.29) is 18.4 Å². The lowest BCUT2D eigenvalue weighted by Gasteiger charge is -2.08. The van der Waals surface area contributed by atoms with Crippen LogP contribution in [0.2, 0.25) is 0 Å². The largest absolute Gasteiger partial charge is 0.345 e. The average Bonchev–Trinajstić information content (AvgIpc) is 2.84. The third kappa shape index (κ3) is 2.36. The second-order valence-electron chi connectivity index (χ2n) is 3.61. The lowest BCUT2D eigenvalue weighted by molar-refractivity contribution is -0.125. The maximum absolute atomic E-state index is 11.6. The summed E-state index contributed by atoms with van der Waals surface area (Å²) < 4.78 is 4.84. The lowest BCUT2D eigenvalue weighted by atomic mass is 10.2. The highest BCUT2D eigenvalue weighted by Crippen LogP contribution is 2.06. The predicted octanol–water partition coefficient (Wildman–Crippen LogP) is -0.727. The molecule has 2 rings (SSSR count). The van der Waals surface area contributed by atoms with Crippen LogP contribution in [0.1, 0.15) is 24.6 Å². The van der Waals surface area contributed by atoms with Crippen molar-refractivity contribution in [3.8, 4) is 0 Å². The van der Waals surface area contributed by atoms with Crippen molar-refractivity contribution in [3.05, 3.63) is 11.7 Å². The van der Waals surface area contributed by atoms with Gasteiger partial charge < -0.3 is 15.2 Å². The molecule has 1 aliphatic rings. The maximum atomic E-state index is 11.6. The topological polar surface area (TPSA) is 97.1 Å². The van der Waals surface area contributed by atoms with E-state index in [2.05, 4.69) is 20.8 Å². The first-order chi connectivity index (χ1) is 7.65. The van der Waals surface area contributed by atoms with Gasteiger partial charge in [-0.05, 0) is 13.3 Å². The van der Waals surface area contributed by atoms with E-state index in [1.807, 2.05) is 0 Å². The molecule has 1 aromatic rings. The van der Waals surface area contributed by atoms with Gasteiger partial charge in [0.2, 0.25) is 17.7 Å². The van der Waals surface area contributed by atoms with E-state index in [1.165, 1.54) is 0 Å². The molecule has 0 saturated carbocycles. The second-order valence-corrected chi connectivity index (χ2v) is 3.61. The van der Waals surface area contributed by atoms with Crippen LogP contribution in [-0.4, -0.2) is 28.0 Å². The van der Waals surface area contributed by atoms with Crippen molar-refractivity contribution < 1.29 is 14.1 Å². The molecule has 0 radical (unpaired) electrons. The summed E-state index contributed by atoms with van der Waals surface area (Å²) in [6.45, 7) is 1.89. The summed E-state index contributed by atoms with van der Waals surface area (Å²) in [4.78, 5) is 26.4. The van der Waals surface area contributed by atoms with E-state index in [9.17, 15) is 9.59 Å². The zero-order chi connectivity index (χ0) is 11.5. The predicted molar refractivity (Wildman–Crippen MR) is 52.0 cm³/mol. The van der Waals surface area contributed by atoms with E-state index in [0.717, 1.165) is 0 Å². The summed E-state index contributed by atoms with van der Waals surface area (Å²) in [6.07, 6.45) is 0.936. The van der Waals surface area contributed by atoms with Gasteiger partial charge in [-0.3, -0.25) is 9.59 Å². The van der Waals surface area contributed by atoms with Crippen LogP contribution in [0.5, 0.6) is 0 Å². The van der Waals surface area contributed by atoms with E-state index in [4.69, 9.17) is 4.52 Å². The molecule has 0 aliphatic carbocycles. The summed E-state index contributed by atoms with van der Waals surface area (Å²) in [7, 11) is 0. The number of rotatable bonds is 3. The highest BCUT2D eigenvalue weighted by atomic mass is 16.5. The molecule has 1 aromatic heterocycles. The molecule has 1 aliphatic heterocycles. The van der Waals surface area contributed by atoms with Crippen molar-refractivity contribution in [3.63, 3.8) is 0 Å². The molecule has 2 amide bonds. The van der Waals surface area contributed by atoms with E-state index in [0.29, 0.717) is 24.6 Å². The van der Waals surface area contributed by atoms with Gasteiger partial charge in [0, 0.05) is 6.42 Å². The summed E-state index contributed by atoms with van der Waals surface area (Å²) in [5, 5.41) is 8.80. The molecule has 1 unspecified atom stereocenters. The number of nitrogens with zero attached hydrogens (tertiary/aromatic N) is 2. The van der Waals surface area contributed by atoms with Gasteiger partial charge in [-0.1, -0.05) is 5.16 Å². The van der Waals surface area contributed by atoms with Crippen molar-refractivity contribution in [2.75, 3.05) is 0 Å². The van der Waals surface area contributed by atoms with Crippen LogP contribution in [0, 0.1) is 6.92 Å². The summed E-state index contributed by atoms with van der Waals surface area (Å²) >= 11 is 0. The van der Waals surface area contributed by atoms with Gasteiger partial charge in [-0.25, -0.2) is 0 Å². The Hall–Kier alpha value is -1.92. The number of aromatic nitrogens is 2. The Labute approximate surface area is 91.6 Å². The van der Waals surface area contributed by atoms with Gasteiger partial charge in [0.25, 0.3) is 0 Å². The van der Waals surface area contributed by atoms with Crippen LogP contribution in [0.15, 0.2) is 4.52 Å². The van der Waals surface area contributed by atoms with Crippen LogP contribution in [0.4, 0.5) is 0 Å². The average molecular weight is 224 g/mol. The smallest absolute Gasteiger partial charge is 0.246 e. The highest BCUT2D eigenvalue weighted by Gasteiger charge is 2.27.